The van der Waals surface area contributed by atoms with E-state index in [0.29, 0.717) is 18.7 Å². The van der Waals surface area contributed by atoms with Gasteiger partial charge in [0.15, 0.2) is 0 Å². The van der Waals surface area contributed by atoms with Gasteiger partial charge in [0.05, 0.1) is 0 Å². The number of hydrogen-bond donors (Lipinski definition) is 3. The third-order valence-electron chi connectivity index (χ3n) is 4.18. The molecule has 0 spiro atoms. The summed E-state index contributed by atoms with van der Waals surface area (Å²) in [5.41, 5.74) is 7.34. The van der Waals surface area contributed by atoms with E-state index < -0.39 is 0 Å². The van der Waals surface area contributed by atoms with Gasteiger partial charge in [0.1, 0.15) is 5.75 Å². The van der Waals surface area contributed by atoms with Crippen LogP contribution in [0, 0.1) is 12.3 Å². The molecule has 1 fully saturated rings. The number of nitrogens with one attached hydrogen (secondary N) is 1. The molecule has 0 radical (unpaired) electrons. The second-order valence-electron chi connectivity index (χ2n) is 5.59. The Labute approximate surface area is 114 Å². The molecule has 104 valence electrons. The van der Waals surface area contributed by atoms with Crippen LogP contribution in [0.3, 0.4) is 0 Å². The van der Waals surface area contributed by atoms with Gasteiger partial charge in [-0.3, -0.25) is 4.79 Å². The predicted octanol–water partition coefficient (Wildman–Crippen LogP) is 1.95. The molecule has 2 rings (SSSR count). The van der Waals surface area contributed by atoms with Gasteiger partial charge < -0.3 is 16.2 Å². The molecule has 4 nitrogen and oxygen atoms in total. The van der Waals surface area contributed by atoms with Crippen molar-refractivity contribution in [1.29, 1.82) is 0 Å². The number of carbonyl (C=O) groups excluding carboxylic acids is 1. The molecule has 1 aliphatic rings. The monoisotopic (exact) mass is 262 g/mol. The number of nitrogens with two attached hydrogens (primary N) is 1. The highest BCUT2D eigenvalue weighted by atomic mass is 16.3. The highest BCUT2D eigenvalue weighted by Gasteiger charge is 2.32. The number of phenolic OH excluding ortho intramolecular Hbond substituents is 1. The minimum Gasteiger partial charge on any atom is -0.508 e. The summed E-state index contributed by atoms with van der Waals surface area (Å²) in [7, 11) is 0. The maximum Gasteiger partial charge on any atom is 0.251 e. The molecule has 1 amide bonds. The number of aromatic hydroxyl groups is 1. The van der Waals surface area contributed by atoms with Crippen LogP contribution in [0.25, 0.3) is 0 Å². The van der Waals surface area contributed by atoms with E-state index >= 15 is 0 Å². The highest BCUT2D eigenvalue weighted by Crippen LogP contribution is 2.36. The van der Waals surface area contributed by atoms with Crippen LogP contribution in [0.1, 0.15) is 41.6 Å². The Bertz CT molecular complexity index is 465. The lowest BCUT2D eigenvalue weighted by atomic mass is 9.86. The average molecular weight is 262 g/mol. The van der Waals surface area contributed by atoms with Gasteiger partial charge in [-0.2, -0.15) is 0 Å². The number of phenols is 1. The Morgan fingerprint density at radius 3 is 2.68 bits per heavy atom. The second kappa shape index (κ2) is 5.61. The lowest BCUT2D eigenvalue weighted by Gasteiger charge is -2.27. The fraction of sp³-hybridized carbons (Fsp3) is 0.533. The molecule has 1 saturated carbocycles. The van der Waals surface area contributed by atoms with Crippen LogP contribution < -0.4 is 11.1 Å². The van der Waals surface area contributed by atoms with E-state index in [1.807, 2.05) is 6.92 Å². The normalized spacial score (nSPS) is 17.4. The van der Waals surface area contributed by atoms with E-state index in [4.69, 9.17) is 5.73 Å². The summed E-state index contributed by atoms with van der Waals surface area (Å²) >= 11 is 0. The van der Waals surface area contributed by atoms with Crippen LogP contribution in [0.2, 0.25) is 0 Å². The highest BCUT2D eigenvalue weighted by molar-refractivity contribution is 5.95. The van der Waals surface area contributed by atoms with Gasteiger partial charge in [-0.05, 0) is 55.5 Å². The third kappa shape index (κ3) is 3.07. The van der Waals surface area contributed by atoms with Crippen LogP contribution in [0.5, 0.6) is 5.75 Å². The molecule has 1 aromatic rings. The minimum atomic E-state index is -0.0859. The summed E-state index contributed by atoms with van der Waals surface area (Å²) in [6, 6.07) is 4.79. The van der Waals surface area contributed by atoms with Gasteiger partial charge in [-0.1, -0.05) is 12.8 Å². The Morgan fingerprint density at radius 1 is 1.42 bits per heavy atom. The number of aryl methyl sites for hydroxylation is 1. The first-order valence-electron chi connectivity index (χ1n) is 6.84. The van der Waals surface area contributed by atoms with Gasteiger partial charge >= 0.3 is 0 Å². The molecule has 0 heterocycles. The zero-order chi connectivity index (χ0) is 13.9. The fourth-order valence-corrected chi connectivity index (χ4v) is 2.84. The quantitative estimate of drug-likeness (QED) is 0.776. The number of amides is 1. The molecular formula is C15H22N2O2. The molecule has 0 aromatic heterocycles. The van der Waals surface area contributed by atoms with Crippen molar-refractivity contribution in [1.82, 2.24) is 5.32 Å². The summed E-state index contributed by atoms with van der Waals surface area (Å²) in [6.07, 6.45) is 4.59. The second-order valence-corrected chi connectivity index (χ2v) is 5.59. The zero-order valence-corrected chi connectivity index (χ0v) is 11.4. The van der Waals surface area contributed by atoms with Crippen molar-refractivity contribution in [2.75, 3.05) is 13.1 Å². The first-order chi connectivity index (χ1) is 9.06. The molecule has 4 heteroatoms. The Hall–Kier alpha value is -1.55. The Morgan fingerprint density at radius 2 is 2.11 bits per heavy atom. The number of carbonyl (C=O) groups is 1. The van der Waals surface area contributed by atoms with Crippen molar-refractivity contribution in [3.63, 3.8) is 0 Å². The SMILES string of the molecule is Cc1cc(O)ccc1C(=O)NCC1(CN)CCCC1. The van der Waals surface area contributed by atoms with Crippen molar-refractivity contribution in [2.45, 2.75) is 32.6 Å². The smallest absolute Gasteiger partial charge is 0.251 e. The summed E-state index contributed by atoms with van der Waals surface area (Å²) in [6.45, 7) is 3.09. The van der Waals surface area contributed by atoms with E-state index in [1.165, 1.54) is 18.9 Å². The number of rotatable bonds is 4. The van der Waals surface area contributed by atoms with Gasteiger partial charge in [0.25, 0.3) is 5.91 Å². The van der Waals surface area contributed by atoms with Crippen molar-refractivity contribution < 1.29 is 9.90 Å². The molecular weight excluding hydrogens is 240 g/mol. The van der Waals surface area contributed by atoms with Gasteiger partial charge in [-0.15, -0.1) is 0 Å². The average Bonchev–Trinajstić information content (AvgIpc) is 2.85. The molecule has 1 aromatic carbocycles. The zero-order valence-electron chi connectivity index (χ0n) is 11.4. The summed E-state index contributed by atoms with van der Waals surface area (Å²) in [5.74, 6) is 0.0977. The summed E-state index contributed by atoms with van der Waals surface area (Å²) in [5, 5.41) is 12.3. The molecule has 0 aliphatic heterocycles. The van der Waals surface area contributed by atoms with E-state index in [0.717, 1.165) is 18.4 Å². The van der Waals surface area contributed by atoms with E-state index in [-0.39, 0.29) is 17.1 Å². The van der Waals surface area contributed by atoms with Gasteiger partial charge in [0.2, 0.25) is 0 Å². The van der Waals surface area contributed by atoms with Crippen molar-refractivity contribution >= 4 is 5.91 Å². The van der Waals surface area contributed by atoms with Gasteiger partial charge in [-0.25, -0.2) is 0 Å². The topological polar surface area (TPSA) is 75.3 Å². The Balaban J connectivity index is 2.01. The molecule has 0 bridgehead atoms. The van der Waals surface area contributed by atoms with E-state index in [1.54, 1.807) is 12.1 Å². The lowest BCUT2D eigenvalue weighted by Crippen LogP contribution is -2.40. The van der Waals surface area contributed by atoms with Crippen LogP contribution in [0.4, 0.5) is 0 Å². The van der Waals surface area contributed by atoms with Crippen LogP contribution in [-0.2, 0) is 0 Å². The van der Waals surface area contributed by atoms with Crippen LogP contribution in [0.15, 0.2) is 18.2 Å². The largest absolute Gasteiger partial charge is 0.508 e. The minimum absolute atomic E-state index is 0.0838. The predicted molar refractivity (Wildman–Crippen MR) is 75.1 cm³/mol. The molecule has 0 saturated heterocycles. The molecule has 0 atom stereocenters. The lowest BCUT2D eigenvalue weighted by molar-refractivity contribution is 0.0931. The first kappa shape index (κ1) is 13.9. The van der Waals surface area contributed by atoms with Crippen molar-refractivity contribution in [3.8, 4) is 5.75 Å². The van der Waals surface area contributed by atoms with Crippen molar-refractivity contribution in [2.24, 2.45) is 11.1 Å². The standard InChI is InChI=1S/C15H22N2O2/c1-11-8-12(18)4-5-13(11)14(19)17-10-15(9-16)6-2-3-7-15/h4-5,8,18H,2-3,6-7,9-10,16H2,1H3,(H,17,19). The van der Waals surface area contributed by atoms with Crippen LogP contribution >= 0.6 is 0 Å². The Kier molecular flexibility index (Phi) is 4.10. The third-order valence-corrected chi connectivity index (χ3v) is 4.18. The summed E-state index contributed by atoms with van der Waals surface area (Å²) < 4.78 is 0. The molecule has 4 N–H and O–H groups in total. The maximum atomic E-state index is 12.2. The van der Waals surface area contributed by atoms with Crippen molar-refractivity contribution in [3.05, 3.63) is 29.3 Å². The maximum absolute atomic E-state index is 12.2. The molecule has 19 heavy (non-hydrogen) atoms. The fourth-order valence-electron chi connectivity index (χ4n) is 2.84. The van der Waals surface area contributed by atoms with Gasteiger partial charge in [0, 0.05) is 12.1 Å². The van der Waals surface area contributed by atoms with Crippen LogP contribution in [-0.4, -0.2) is 24.1 Å². The summed E-state index contributed by atoms with van der Waals surface area (Å²) in [4.78, 5) is 12.2. The first-order valence-corrected chi connectivity index (χ1v) is 6.84. The number of benzene rings is 1. The number of hydrogen-bond acceptors (Lipinski definition) is 3. The van der Waals surface area contributed by atoms with E-state index in [2.05, 4.69) is 5.32 Å². The van der Waals surface area contributed by atoms with E-state index in [9.17, 15) is 9.90 Å². The molecule has 0 unspecified atom stereocenters. The molecule has 1 aliphatic carbocycles.